The SMILES string of the molecule is Cc1cc(C(=O)NC[Si](C)(C)C)ccc1Br. The van der Waals surface area contributed by atoms with Crippen LogP contribution in [-0.2, 0) is 0 Å². The molecule has 4 heteroatoms. The van der Waals surface area contributed by atoms with Crippen molar-refractivity contribution in [3.8, 4) is 0 Å². The van der Waals surface area contributed by atoms with Crippen LogP contribution < -0.4 is 5.32 Å². The number of amides is 1. The minimum Gasteiger partial charge on any atom is -0.355 e. The number of aryl methyl sites for hydroxylation is 1. The number of carbonyl (C=O) groups is 1. The van der Waals surface area contributed by atoms with Gasteiger partial charge in [-0.05, 0) is 30.7 Å². The first-order valence-corrected chi connectivity index (χ1v) is 9.84. The average molecular weight is 300 g/mol. The van der Waals surface area contributed by atoms with Crippen molar-refractivity contribution in [1.29, 1.82) is 0 Å². The van der Waals surface area contributed by atoms with Crippen LogP contribution in [0.4, 0.5) is 0 Å². The molecule has 1 aromatic rings. The maximum Gasteiger partial charge on any atom is 0.251 e. The summed E-state index contributed by atoms with van der Waals surface area (Å²) in [7, 11) is -1.22. The average Bonchev–Trinajstić information content (AvgIpc) is 2.17. The lowest BCUT2D eigenvalue weighted by molar-refractivity contribution is 0.0959. The molecule has 0 heterocycles. The quantitative estimate of drug-likeness (QED) is 0.852. The molecule has 1 amide bonds. The van der Waals surface area contributed by atoms with E-state index >= 15 is 0 Å². The van der Waals surface area contributed by atoms with Crippen LogP contribution in [-0.4, -0.2) is 20.1 Å². The normalized spacial score (nSPS) is 11.3. The fourth-order valence-corrected chi connectivity index (χ4v) is 2.17. The van der Waals surface area contributed by atoms with Crippen molar-refractivity contribution in [2.45, 2.75) is 26.6 Å². The minimum absolute atomic E-state index is 0.0259. The maximum atomic E-state index is 11.9. The van der Waals surface area contributed by atoms with E-state index in [9.17, 15) is 4.79 Å². The molecule has 0 saturated carbocycles. The van der Waals surface area contributed by atoms with Gasteiger partial charge in [-0.25, -0.2) is 0 Å². The Kier molecular flexibility index (Phi) is 4.33. The lowest BCUT2D eigenvalue weighted by atomic mass is 10.1. The largest absolute Gasteiger partial charge is 0.355 e. The zero-order valence-electron chi connectivity index (χ0n) is 10.2. The summed E-state index contributed by atoms with van der Waals surface area (Å²) in [4.78, 5) is 11.9. The van der Waals surface area contributed by atoms with Crippen molar-refractivity contribution in [1.82, 2.24) is 5.32 Å². The first-order chi connectivity index (χ1) is 7.29. The molecule has 0 aliphatic rings. The van der Waals surface area contributed by atoms with Gasteiger partial charge in [0.2, 0.25) is 0 Å². The van der Waals surface area contributed by atoms with Gasteiger partial charge in [0.25, 0.3) is 5.91 Å². The van der Waals surface area contributed by atoms with Gasteiger partial charge in [0.05, 0.1) is 8.07 Å². The van der Waals surface area contributed by atoms with E-state index in [1.54, 1.807) is 0 Å². The van der Waals surface area contributed by atoms with Crippen molar-refractivity contribution in [3.05, 3.63) is 33.8 Å². The highest BCUT2D eigenvalue weighted by molar-refractivity contribution is 9.10. The second kappa shape index (κ2) is 5.14. The van der Waals surface area contributed by atoms with Gasteiger partial charge in [-0.2, -0.15) is 0 Å². The lowest BCUT2D eigenvalue weighted by Crippen LogP contribution is -2.39. The number of hydrogen-bond acceptors (Lipinski definition) is 1. The highest BCUT2D eigenvalue weighted by Gasteiger charge is 2.15. The van der Waals surface area contributed by atoms with Crippen molar-refractivity contribution >= 4 is 29.9 Å². The van der Waals surface area contributed by atoms with Crippen molar-refractivity contribution in [3.63, 3.8) is 0 Å². The van der Waals surface area contributed by atoms with Gasteiger partial charge in [0.15, 0.2) is 0 Å². The van der Waals surface area contributed by atoms with Gasteiger partial charge < -0.3 is 5.32 Å². The molecule has 0 radical (unpaired) electrons. The molecule has 88 valence electrons. The smallest absolute Gasteiger partial charge is 0.251 e. The molecule has 0 unspecified atom stereocenters. The number of nitrogens with one attached hydrogen (secondary N) is 1. The summed E-state index contributed by atoms with van der Waals surface area (Å²) in [6.07, 6.45) is 0.820. The van der Waals surface area contributed by atoms with Gasteiger partial charge in [-0.15, -0.1) is 0 Å². The first-order valence-electron chi connectivity index (χ1n) is 5.34. The summed E-state index contributed by atoms with van der Waals surface area (Å²) < 4.78 is 1.04. The van der Waals surface area contributed by atoms with E-state index in [1.165, 1.54) is 0 Å². The van der Waals surface area contributed by atoms with Crippen molar-refractivity contribution < 1.29 is 4.79 Å². The van der Waals surface area contributed by atoms with Gasteiger partial charge >= 0.3 is 0 Å². The van der Waals surface area contributed by atoms with Crippen LogP contribution in [0.25, 0.3) is 0 Å². The Morgan fingerprint density at radius 3 is 2.50 bits per heavy atom. The van der Waals surface area contributed by atoms with E-state index < -0.39 is 8.07 Å². The Morgan fingerprint density at radius 2 is 2.00 bits per heavy atom. The molecular formula is C12H18BrNOSi. The molecule has 1 N–H and O–H groups in total. The highest BCUT2D eigenvalue weighted by Crippen LogP contribution is 2.17. The molecule has 0 aliphatic heterocycles. The summed E-state index contributed by atoms with van der Waals surface area (Å²) in [6, 6.07) is 5.67. The number of benzene rings is 1. The maximum absolute atomic E-state index is 11.9. The summed E-state index contributed by atoms with van der Waals surface area (Å²) in [5.41, 5.74) is 1.82. The van der Waals surface area contributed by atoms with E-state index in [0.29, 0.717) is 0 Å². The highest BCUT2D eigenvalue weighted by atomic mass is 79.9. The third-order valence-electron chi connectivity index (χ3n) is 2.20. The predicted octanol–water partition coefficient (Wildman–Crippen LogP) is 3.36. The number of hydrogen-bond donors (Lipinski definition) is 1. The summed E-state index contributed by atoms with van der Waals surface area (Å²) >= 11 is 3.42. The van der Waals surface area contributed by atoms with Gasteiger partial charge in [-0.3, -0.25) is 4.79 Å². The summed E-state index contributed by atoms with van der Waals surface area (Å²) in [5, 5.41) is 2.99. The first kappa shape index (κ1) is 13.5. The lowest BCUT2D eigenvalue weighted by Gasteiger charge is -2.16. The summed E-state index contributed by atoms with van der Waals surface area (Å²) in [5.74, 6) is 0.0259. The van der Waals surface area contributed by atoms with Gasteiger partial charge in [0.1, 0.15) is 0 Å². The molecule has 1 rings (SSSR count). The van der Waals surface area contributed by atoms with E-state index in [4.69, 9.17) is 0 Å². The number of halogens is 1. The van der Waals surface area contributed by atoms with Crippen LogP contribution in [0.3, 0.4) is 0 Å². The minimum atomic E-state index is -1.22. The fraction of sp³-hybridized carbons (Fsp3) is 0.417. The van der Waals surface area contributed by atoms with Crippen LogP contribution in [0.2, 0.25) is 19.6 Å². The standard InChI is InChI=1S/C12H18BrNOSi/c1-9-7-10(5-6-11(9)13)12(15)14-8-16(2,3)4/h5-7H,8H2,1-4H3,(H,14,15). The predicted molar refractivity (Wildman–Crippen MR) is 74.6 cm³/mol. The van der Waals surface area contributed by atoms with Crippen LogP contribution >= 0.6 is 15.9 Å². The zero-order valence-corrected chi connectivity index (χ0v) is 12.8. The second-order valence-electron chi connectivity index (χ2n) is 5.21. The third kappa shape index (κ3) is 4.10. The topological polar surface area (TPSA) is 29.1 Å². The number of rotatable bonds is 3. The molecule has 0 aromatic heterocycles. The molecule has 16 heavy (non-hydrogen) atoms. The molecule has 2 nitrogen and oxygen atoms in total. The van der Waals surface area contributed by atoms with Crippen LogP contribution in [0, 0.1) is 6.92 Å². The van der Waals surface area contributed by atoms with Crippen molar-refractivity contribution in [2.24, 2.45) is 0 Å². The Balaban J connectivity index is 2.70. The monoisotopic (exact) mass is 299 g/mol. The molecule has 0 spiro atoms. The van der Waals surface area contributed by atoms with Crippen LogP contribution in [0.15, 0.2) is 22.7 Å². The third-order valence-corrected chi connectivity index (χ3v) is 4.33. The molecule has 1 aromatic carbocycles. The second-order valence-corrected chi connectivity index (χ2v) is 11.5. The van der Waals surface area contributed by atoms with Gasteiger partial charge in [-0.1, -0.05) is 35.6 Å². The van der Waals surface area contributed by atoms with E-state index in [-0.39, 0.29) is 5.91 Å². The van der Waals surface area contributed by atoms with Crippen LogP contribution in [0.5, 0.6) is 0 Å². The molecule has 0 atom stereocenters. The number of carbonyl (C=O) groups excluding carboxylic acids is 1. The van der Waals surface area contributed by atoms with Gasteiger partial charge in [0, 0.05) is 16.2 Å². The van der Waals surface area contributed by atoms with Crippen LogP contribution in [0.1, 0.15) is 15.9 Å². The molecule has 0 aliphatic carbocycles. The molecule has 0 saturated heterocycles. The molecular weight excluding hydrogens is 282 g/mol. The Hall–Kier alpha value is -0.613. The zero-order chi connectivity index (χ0) is 12.3. The summed E-state index contributed by atoms with van der Waals surface area (Å²) in [6.45, 7) is 8.69. The Morgan fingerprint density at radius 1 is 1.38 bits per heavy atom. The van der Waals surface area contributed by atoms with Crippen molar-refractivity contribution in [2.75, 3.05) is 6.17 Å². The van der Waals surface area contributed by atoms with E-state index in [1.807, 2.05) is 25.1 Å². The van der Waals surface area contributed by atoms with E-state index in [0.717, 1.165) is 21.8 Å². The Labute approximate surface area is 107 Å². The Bertz CT molecular complexity index is 398. The molecule has 0 bridgehead atoms. The van der Waals surface area contributed by atoms with E-state index in [2.05, 4.69) is 40.9 Å². The molecule has 0 fully saturated rings. The fourth-order valence-electron chi connectivity index (χ4n) is 1.23.